The van der Waals surface area contributed by atoms with Crippen molar-refractivity contribution in [3.63, 3.8) is 0 Å². The van der Waals surface area contributed by atoms with E-state index < -0.39 is 23.0 Å². The summed E-state index contributed by atoms with van der Waals surface area (Å²) in [6.07, 6.45) is 31.5. The Labute approximate surface area is 305 Å². The standard InChI is InChI=1S/C38H70N3O6P3/c1-31-23-27-37(28-24-31)46-49(44-35-19-11-5-12-20-35)39-48(42-33-15-7-3-8-16-33,43-34-17-9-4-10-18-34)40-50(41-49,45-36-21-13-6-14-22-36)47-38-29-25-32(2)26-30-38/h31-38H,3-30H2,1-2H3. The molecule has 1 heterocycles. The van der Waals surface area contributed by atoms with Crippen LogP contribution in [0.3, 0.4) is 0 Å². The van der Waals surface area contributed by atoms with Crippen LogP contribution >= 0.6 is 23.0 Å². The van der Waals surface area contributed by atoms with Crippen LogP contribution in [0.4, 0.5) is 0 Å². The van der Waals surface area contributed by atoms with Gasteiger partial charge in [0.1, 0.15) is 0 Å². The van der Waals surface area contributed by atoms with Crippen LogP contribution in [0, 0.1) is 11.8 Å². The first-order valence-corrected chi connectivity index (χ1v) is 26.0. The Bertz CT molecular complexity index is 1150. The largest absolute Gasteiger partial charge is 0.349 e. The van der Waals surface area contributed by atoms with Crippen LogP contribution < -0.4 is 0 Å². The smallest absolute Gasteiger partial charge is 0.303 e. The average Bonchev–Trinajstić information content (AvgIpc) is 3.12. The van der Waals surface area contributed by atoms with Gasteiger partial charge in [-0.2, -0.15) is 0 Å². The Kier molecular flexibility index (Phi) is 14.2. The summed E-state index contributed by atoms with van der Waals surface area (Å²) in [5.41, 5.74) is 0. The molecule has 6 aliphatic carbocycles. The van der Waals surface area contributed by atoms with Crippen molar-refractivity contribution >= 4 is 23.0 Å². The molecular formula is C38H70N3O6P3. The van der Waals surface area contributed by atoms with E-state index in [0.29, 0.717) is 11.8 Å². The van der Waals surface area contributed by atoms with Crippen molar-refractivity contribution in [3.8, 4) is 0 Å². The van der Waals surface area contributed by atoms with Crippen LogP contribution in [0.15, 0.2) is 13.5 Å². The molecule has 0 radical (unpaired) electrons. The van der Waals surface area contributed by atoms with Crippen LogP contribution in [0.1, 0.15) is 194 Å². The fourth-order valence-electron chi connectivity index (χ4n) is 9.33. The Morgan fingerprint density at radius 3 is 0.700 bits per heavy atom. The molecule has 7 aliphatic rings. The molecule has 9 nitrogen and oxygen atoms in total. The third kappa shape index (κ3) is 10.8. The Morgan fingerprint density at radius 2 is 0.480 bits per heavy atom. The molecule has 6 saturated carbocycles. The van der Waals surface area contributed by atoms with Crippen LogP contribution in [0.5, 0.6) is 0 Å². The fraction of sp³-hybridized carbons (Fsp3) is 1.00. The van der Waals surface area contributed by atoms with Crippen molar-refractivity contribution in [2.24, 2.45) is 25.4 Å². The van der Waals surface area contributed by atoms with Gasteiger partial charge in [-0.15, -0.1) is 13.5 Å². The maximum Gasteiger partial charge on any atom is 0.349 e. The van der Waals surface area contributed by atoms with E-state index in [2.05, 4.69) is 13.8 Å². The molecule has 0 aromatic carbocycles. The molecule has 6 fully saturated rings. The van der Waals surface area contributed by atoms with Gasteiger partial charge in [-0.25, -0.2) is 0 Å². The molecule has 2 atom stereocenters. The molecule has 0 amide bonds. The molecule has 50 heavy (non-hydrogen) atoms. The number of hydrogen-bond donors (Lipinski definition) is 0. The Morgan fingerprint density at radius 1 is 0.280 bits per heavy atom. The quantitative estimate of drug-likeness (QED) is 0.184. The van der Waals surface area contributed by atoms with Gasteiger partial charge in [-0.1, -0.05) is 90.9 Å². The van der Waals surface area contributed by atoms with E-state index in [1.54, 1.807) is 0 Å². The molecule has 12 heteroatoms. The lowest BCUT2D eigenvalue weighted by atomic mass is 9.89. The zero-order valence-electron chi connectivity index (χ0n) is 31.6. The minimum atomic E-state index is -3.32. The van der Waals surface area contributed by atoms with E-state index in [1.807, 2.05) is 0 Å². The van der Waals surface area contributed by atoms with E-state index in [9.17, 15) is 0 Å². The maximum absolute atomic E-state index is 7.39. The zero-order valence-corrected chi connectivity index (χ0v) is 34.2. The molecule has 0 aromatic rings. The minimum Gasteiger partial charge on any atom is -0.303 e. The van der Waals surface area contributed by atoms with Crippen molar-refractivity contribution in [1.29, 1.82) is 0 Å². The summed E-state index contributed by atoms with van der Waals surface area (Å²) in [5.74, 6) is 1.43. The van der Waals surface area contributed by atoms with E-state index in [4.69, 9.17) is 40.7 Å². The summed E-state index contributed by atoms with van der Waals surface area (Å²) in [6.45, 7) is 4.74. The number of nitrogens with zero attached hydrogens (tertiary/aromatic N) is 3. The number of rotatable bonds is 12. The second-order valence-corrected chi connectivity index (χ2v) is 23.5. The van der Waals surface area contributed by atoms with Gasteiger partial charge in [0.05, 0.1) is 36.6 Å². The predicted octanol–water partition coefficient (Wildman–Crippen LogP) is 14.4. The maximum atomic E-state index is 7.39. The highest BCUT2D eigenvalue weighted by Gasteiger charge is 2.49. The van der Waals surface area contributed by atoms with E-state index >= 15 is 0 Å². The molecule has 7 rings (SSSR count). The summed E-state index contributed by atoms with van der Waals surface area (Å²) >= 11 is 0. The normalized spacial score (nSPS) is 38.5. The summed E-state index contributed by atoms with van der Waals surface area (Å²) < 4.78 is 61.3. The van der Waals surface area contributed by atoms with Crippen LogP contribution in [-0.4, -0.2) is 36.6 Å². The highest BCUT2D eigenvalue weighted by Crippen LogP contribution is 2.82. The van der Waals surface area contributed by atoms with Gasteiger partial charge in [0, 0.05) is 0 Å². The summed E-state index contributed by atoms with van der Waals surface area (Å²) in [4.78, 5) is 0. The van der Waals surface area contributed by atoms with Gasteiger partial charge in [-0.05, 0) is 115 Å². The summed E-state index contributed by atoms with van der Waals surface area (Å²) in [5, 5.41) is 0. The molecule has 0 N–H and O–H groups in total. The topological polar surface area (TPSA) is 92.5 Å². The monoisotopic (exact) mass is 757 g/mol. The molecule has 0 spiro atoms. The van der Waals surface area contributed by atoms with Gasteiger partial charge >= 0.3 is 23.0 Å². The van der Waals surface area contributed by atoms with Crippen LogP contribution in [-0.2, 0) is 27.1 Å². The lowest BCUT2D eigenvalue weighted by molar-refractivity contribution is 0.0763. The molecule has 0 bridgehead atoms. The van der Waals surface area contributed by atoms with Crippen molar-refractivity contribution in [2.75, 3.05) is 0 Å². The third-order valence-corrected chi connectivity index (χ3v) is 21.4. The van der Waals surface area contributed by atoms with Crippen molar-refractivity contribution in [3.05, 3.63) is 0 Å². The molecule has 288 valence electrons. The summed E-state index contributed by atoms with van der Waals surface area (Å²) in [6, 6.07) is 0. The second kappa shape index (κ2) is 18.4. The lowest BCUT2D eigenvalue weighted by Crippen LogP contribution is -2.25. The van der Waals surface area contributed by atoms with Crippen molar-refractivity contribution in [1.82, 2.24) is 0 Å². The molecule has 1 aliphatic heterocycles. The first-order valence-electron chi connectivity index (χ1n) is 21.4. The zero-order chi connectivity index (χ0) is 34.3. The average molecular weight is 758 g/mol. The van der Waals surface area contributed by atoms with Gasteiger partial charge in [0.2, 0.25) is 0 Å². The molecule has 0 aromatic heterocycles. The summed E-state index contributed by atoms with van der Waals surface area (Å²) in [7, 11) is -9.95. The Hall–Kier alpha value is 0.450. The highest BCUT2D eigenvalue weighted by molar-refractivity contribution is 7.78. The van der Waals surface area contributed by atoms with Crippen LogP contribution in [0.2, 0.25) is 0 Å². The first-order chi connectivity index (χ1) is 24.4. The Balaban J connectivity index is 1.38. The minimum absolute atomic E-state index is 0.0482. The van der Waals surface area contributed by atoms with E-state index in [1.165, 1.54) is 77.0 Å². The third-order valence-electron chi connectivity index (χ3n) is 12.5. The molecule has 2 unspecified atom stereocenters. The van der Waals surface area contributed by atoms with Crippen molar-refractivity contribution in [2.45, 2.75) is 230 Å². The number of hydrogen-bond acceptors (Lipinski definition) is 9. The van der Waals surface area contributed by atoms with E-state index in [-0.39, 0.29) is 36.6 Å². The molecular weight excluding hydrogens is 687 g/mol. The van der Waals surface area contributed by atoms with E-state index in [0.717, 1.165) is 103 Å². The predicted molar refractivity (Wildman–Crippen MR) is 205 cm³/mol. The van der Waals surface area contributed by atoms with Gasteiger partial charge in [0.15, 0.2) is 0 Å². The van der Waals surface area contributed by atoms with Gasteiger partial charge in [0.25, 0.3) is 0 Å². The van der Waals surface area contributed by atoms with Gasteiger partial charge in [-0.3, -0.25) is 0 Å². The lowest BCUT2D eigenvalue weighted by Gasteiger charge is -2.41. The van der Waals surface area contributed by atoms with Crippen molar-refractivity contribution < 1.29 is 27.1 Å². The highest BCUT2D eigenvalue weighted by atomic mass is 31.3. The first kappa shape index (κ1) is 38.7. The van der Waals surface area contributed by atoms with Gasteiger partial charge < -0.3 is 27.1 Å². The molecule has 0 saturated heterocycles. The fourth-order valence-corrected chi connectivity index (χ4v) is 19.9. The van der Waals surface area contributed by atoms with Crippen LogP contribution in [0.25, 0.3) is 0 Å². The second-order valence-electron chi connectivity index (χ2n) is 17.2. The SMILES string of the molecule is CC1CCC(OP2(OC3CCCCC3)=NP(OC3CCCCC3)(OC3CCCCC3)=NP(OC3CCCCC3)(OC3CCC(C)CC3)=N2)CC1.